The summed E-state index contributed by atoms with van der Waals surface area (Å²) in [5.41, 5.74) is 7.73. The van der Waals surface area contributed by atoms with Crippen LogP contribution in [0.3, 0.4) is 0 Å². The van der Waals surface area contributed by atoms with Gasteiger partial charge in [0.2, 0.25) is 0 Å². The molecular formula is C14H17N3O. The number of rotatable bonds is 3. The van der Waals surface area contributed by atoms with E-state index in [9.17, 15) is 0 Å². The first-order valence-electron chi connectivity index (χ1n) is 6.29. The fourth-order valence-electron chi connectivity index (χ4n) is 2.01. The van der Waals surface area contributed by atoms with Gasteiger partial charge in [-0.05, 0) is 43.5 Å². The first-order chi connectivity index (χ1) is 8.72. The number of ether oxygens (including phenoxy) is 1. The standard InChI is InChI=1S/C14H17N3O/c1-17-14(15)9-13(16-17)10-5-7-12(8-6-10)18-11-3-2-4-11/h5-9,11H,2-4,15H2,1H3. The molecule has 1 aliphatic carbocycles. The Morgan fingerprint density at radius 2 is 2.00 bits per heavy atom. The summed E-state index contributed by atoms with van der Waals surface area (Å²) in [6.45, 7) is 0. The molecule has 1 aliphatic rings. The van der Waals surface area contributed by atoms with Gasteiger partial charge in [-0.25, -0.2) is 0 Å². The molecule has 1 aromatic heterocycles. The van der Waals surface area contributed by atoms with Gasteiger partial charge in [-0.1, -0.05) is 0 Å². The molecule has 0 unspecified atom stereocenters. The van der Waals surface area contributed by atoms with Crippen molar-refractivity contribution in [3.05, 3.63) is 30.3 Å². The van der Waals surface area contributed by atoms with Crippen molar-refractivity contribution < 1.29 is 4.74 Å². The molecule has 0 atom stereocenters. The van der Waals surface area contributed by atoms with Gasteiger partial charge in [0, 0.05) is 18.7 Å². The van der Waals surface area contributed by atoms with Gasteiger partial charge in [0.1, 0.15) is 11.6 Å². The number of nitrogens with two attached hydrogens (primary N) is 1. The Morgan fingerprint density at radius 1 is 1.28 bits per heavy atom. The molecule has 0 saturated heterocycles. The Labute approximate surface area is 106 Å². The molecule has 94 valence electrons. The number of nitrogen functional groups attached to an aromatic ring is 1. The predicted molar refractivity (Wildman–Crippen MR) is 71.3 cm³/mol. The fraction of sp³-hybridized carbons (Fsp3) is 0.357. The van der Waals surface area contributed by atoms with E-state index in [1.54, 1.807) is 4.68 Å². The van der Waals surface area contributed by atoms with E-state index in [-0.39, 0.29) is 0 Å². The number of aryl methyl sites for hydroxylation is 1. The van der Waals surface area contributed by atoms with Crippen molar-refractivity contribution in [1.29, 1.82) is 0 Å². The van der Waals surface area contributed by atoms with Crippen LogP contribution in [0.25, 0.3) is 11.3 Å². The van der Waals surface area contributed by atoms with Crippen molar-refractivity contribution in [1.82, 2.24) is 9.78 Å². The van der Waals surface area contributed by atoms with E-state index < -0.39 is 0 Å². The molecule has 0 radical (unpaired) electrons. The van der Waals surface area contributed by atoms with E-state index in [4.69, 9.17) is 10.5 Å². The van der Waals surface area contributed by atoms with E-state index in [1.807, 2.05) is 37.4 Å². The molecule has 0 amide bonds. The van der Waals surface area contributed by atoms with Crippen molar-refractivity contribution in [2.24, 2.45) is 7.05 Å². The minimum atomic E-state index is 0.418. The first-order valence-corrected chi connectivity index (χ1v) is 6.29. The maximum absolute atomic E-state index is 5.82. The number of hydrogen-bond donors (Lipinski definition) is 1. The maximum atomic E-state index is 5.82. The number of hydrogen-bond acceptors (Lipinski definition) is 3. The van der Waals surface area contributed by atoms with Crippen molar-refractivity contribution in [2.75, 3.05) is 5.73 Å². The molecule has 18 heavy (non-hydrogen) atoms. The molecule has 2 aromatic rings. The van der Waals surface area contributed by atoms with Crippen LogP contribution in [0.1, 0.15) is 19.3 Å². The summed E-state index contributed by atoms with van der Waals surface area (Å²) in [6, 6.07) is 9.92. The maximum Gasteiger partial charge on any atom is 0.121 e. The van der Waals surface area contributed by atoms with Gasteiger partial charge in [-0.2, -0.15) is 5.10 Å². The predicted octanol–water partition coefficient (Wildman–Crippen LogP) is 2.60. The second-order valence-corrected chi connectivity index (χ2v) is 4.77. The highest BCUT2D eigenvalue weighted by Crippen LogP contribution is 2.27. The van der Waals surface area contributed by atoms with Gasteiger partial charge in [0.05, 0.1) is 11.8 Å². The number of anilines is 1. The summed E-state index contributed by atoms with van der Waals surface area (Å²) in [4.78, 5) is 0. The summed E-state index contributed by atoms with van der Waals surface area (Å²) in [7, 11) is 1.84. The molecule has 4 heteroatoms. The summed E-state index contributed by atoms with van der Waals surface area (Å²) < 4.78 is 7.49. The van der Waals surface area contributed by atoms with Crippen molar-refractivity contribution in [3.63, 3.8) is 0 Å². The fourth-order valence-corrected chi connectivity index (χ4v) is 2.01. The Hall–Kier alpha value is -1.97. The molecule has 1 saturated carbocycles. The normalized spacial score (nSPS) is 15.4. The topological polar surface area (TPSA) is 53.1 Å². The zero-order valence-electron chi connectivity index (χ0n) is 10.5. The van der Waals surface area contributed by atoms with Gasteiger partial charge in [-0.15, -0.1) is 0 Å². The van der Waals surface area contributed by atoms with Crippen LogP contribution in [0.15, 0.2) is 30.3 Å². The Morgan fingerprint density at radius 3 is 2.50 bits per heavy atom. The molecule has 2 N–H and O–H groups in total. The largest absolute Gasteiger partial charge is 0.490 e. The molecule has 1 aromatic carbocycles. The van der Waals surface area contributed by atoms with E-state index in [0.29, 0.717) is 11.9 Å². The van der Waals surface area contributed by atoms with Crippen LogP contribution in [0.4, 0.5) is 5.82 Å². The third-order valence-corrected chi connectivity index (χ3v) is 3.42. The highest BCUT2D eigenvalue weighted by atomic mass is 16.5. The van der Waals surface area contributed by atoms with Crippen LogP contribution in [-0.4, -0.2) is 15.9 Å². The lowest BCUT2D eigenvalue weighted by molar-refractivity contribution is 0.120. The third kappa shape index (κ3) is 2.06. The minimum absolute atomic E-state index is 0.418. The van der Waals surface area contributed by atoms with Crippen molar-refractivity contribution in [2.45, 2.75) is 25.4 Å². The lowest BCUT2D eigenvalue weighted by atomic mass is 9.96. The SMILES string of the molecule is Cn1nc(-c2ccc(OC3CCC3)cc2)cc1N. The second-order valence-electron chi connectivity index (χ2n) is 4.77. The summed E-state index contributed by atoms with van der Waals surface area (Å²) in [5.74, 6) is 1.60. The number of benzene rings is 1. The van der Waals surface area contributed by atoms with Crippen LogP contribution >= 0.6 is 0 Å². The molecule has 1 fully saturated rings. The summed E-state index contributed by atoms with van der Waals surface area (Å²) in [5, 5.41) is 4.35. The van der Waals surface area contributed by atoms with Crippen LogP contribution in [0.5, 0.6) is 5.75 Å². The number of aromatic nitrogens is 2. The minimum Gasteiger partial charge on any atom is -0.490 e. The van der Waals surface area contributed by atoms with E-state index in [1.165, 1.54) is 19.3 Å². The smallest absolute Gasteiger partial charge is 0.121 e. The zero-order chi connectivity index (χ0) is 12.5. The second kappa shape index (κ2) is 4.37. The molecule has 0 bridgehead atoms. The Balaban J connectivity index is 1.77. The highest BCUT2D eigenvalue weighted by Gasteiger charge is 2.18. The summed E-state index contributed by atoms with van der Waals surface area (Å²) >= 11 is 0. The molecular weight excluding hydrogens is 226 g/mol. The Bertz CT molecular complexity index is 521. The van der Waals surface area contributed by atoms with Gasteiger partial charge in [0.15, 0.2) is 0 Å². The van der Waals surface area contributed by atoms with E-state index in [2.05, 4.69) is 5.10 Å². The lowest BCUT2D eigenvalue weighted by Crippen LogP contribution is -2.24. The molecule has 0 spiro atoms. The van der Waals surface area contributed by atoms with Gasteiger partial charge in [-0.3, -0.25) is 4.68 Å². The van der Waals surface area contributed by atoms with Crippen LogP contribution in [0.2, 0.25) is 0 Å². The molecule has 1 heterocycles. The van der Waals surface area contributed by atoms with Gasteiger partial charge >= 0.3 is 0 Å². The molecule has 4 nitrogen and oxygen atoms in total. The van der Waals surface area contributed by atoms with Crippen LogP contribution in [0, 0.1) is 0 Å². The average molecular weight is 243 g/mol. The zero-order valence-corrected chi connectivity index (χ0v) is 10.5. The third-order valence-electron chi connectivity index (χ3n) is 3.42. The quantitative estimate of drug-likeness (QED) is 0.901. The summed E-state index contributed by atoms with van der Waals surface area (Å²) in [6.07, 6.45) is 4.06. The Kier molecular flexibility index (Phi) is 2.70. The molecule has 0 aliphatic heterocycles. The van der Waals surface area contributed by atoms with Crippen molar-refractivity contribution in [3.8, 4) is 17.0 Å². The van der Waals surface area contributed by atoms with E-state index in [0.717, 1.165) is 17.0 Å². The highest BCUT2D eigenvalue weighted by molar-refractivity contribution is 5.63. The van der Waals surface area contributed by atoms with Crippen LogP contribution < -0.4 is 10.5 Å². The van der Waals surface area contributed by atoms with Gasteiger partial charge in [0.25, 0.3) is 0 Å². The lowest BCUT2D eigenvalue weighted by Gasteiger charge is -2.26. The average Bonchev–Trinajstić information content (AvgIpc) is 2.65. The van der Waals surface area contributed by atoms with E-state index >= 15 is 0 Å². The monoisotopic (exact) mass is 243 g/mol. The molecule has 3 rings (SSSR count). The first kappa shape index (κ1) is 11.1. The van der Waals surface area contributed by atoms with Crippen molar-refractivity contribution >= 4 is 5.82 Å². The van der Waals surface area contributed by atoms with Crippen LogP contribution in [-0.2, 0) is 7.05 Å². The van der Waals surface area contributed by atoms with Gasteiger partial charge < -0.3 is 10.5 Å². The number of nitrogens with zero attached hydrogens (tertiary/aromatic N) is 2.